The predicted octanol–water partition coefficient (Wildman–Crippen LogP) is 1.97. The van der Waals surface area contributed by atoms with Crippen molar-refractivity contribution in [3.63, 3.8) is 0 Å². The molecule has 2 rings (SSSR count). The van der Waals surface area contributed by atoms with Crippen LogP contribution < -0.4 is 14.8 Å². The molecule has 0 bridgehead atoms. The normalized spacial score (nSPS) is 22.4. The molecule has 0 radical (unpaired) electrons. The van der Waals surface area contributed by atoms with Crippen LogP contribution in [0.15, 0.2) is 18.2 Å². The van der Waals surface area contributed by atoms with Crippen molar-refractivity contribution in [2.75, 3.05) is 21.3 Å². The first-order valence-corrected chi connectivity index (χ1v) is 6.24. The molecule has 0 amide bonds. The number of hydrogen-bond donors (Lipinski definition) is 1. The Balaban J connectivity index is 1.91. The van der Waals surface area contributed by atoms with E-state index in [-0.39, 0.29) is 0 Å². The number of benzene rings is 1. The van der Waals surface area contributed by atoms with Crippen LogP contribution in [0.25, 0.3) is 0 Å². The highest BCUT2D eigenvalue weighted by molar-refractivity contribution is 5.40. The highest BCUT2D eigenvalue weighted by Gasteiger charge is 2.28. The molecule has 0 spiro atoms. The number of nitrogens with one attached hydrogen (secondary N) is 1. The van der Waals surface area contributed by atoms with E-state index in [0.29, 0.717) is 12.1 Å². The zero-order valence-electron chi connectivity index (χ0n) is 11.2. The first-order chi connectivity index (χ1) is 8.76. The zero-order chi connectivity index (χ0) is 13.0. The van der Waals surface area contributed by atoms with Crippen molar-refractivity contribution < 1.29 is 14.2 Å². The van der Waals surface area contributed by atoms with Gasteiger partial charge < -0.3 is 19.5 Å². The van der Waals surface area contributed by atoms with Crippen molar-refractivity contribution in [1.82, 2.24) is 5.32 Å². The summed E-state index contributed by atoms with van der Waals surface area (Å²) in [6.45, 7) is 0.793. The number of ether oxygens (including phenoxy) is 3. The van der Waals surface area contributed by atoms with Crippen LogP contribution in [0.4, 0.5) is 0 Å². The standard InChI is InChI=1S/C14H21NO3/c1-16-12-4-5-14(18-3)10(6-12)9-15-11-7-13(8-11)17-2/h4-6,11,13,15H,7-9H2,1-3H3. The van der Waals surface area contributed by atoms with Gasteiger partial charge in [0.25, 0.3) is 0 Å². The van der Waals surface area contributed by atoms with Crippen LogP contribution >= 0.6 is 0 Å². The molecule has 0 atom stereocenters. The number of rotatable bonds is 6. The van der Waals surface area contributed by atoms with Gasteiger partial charge in [-0.3, -0.25) is 0 Å². The smallest absolute Gasteiger partial charge is 0.123 e. The summed E-state index contributed by atoms with van der Waals surface area (Å²) in [5, 5.41) is 3.51. The van der Waals surface area contributed by atoms with Gasteiger partial charge in [-0.2, -0.15) is 0 Å². The molecule has 1 aromatic carbocycles. The van der Waals surface area contributed by atoms with E-state index in [0.717, 1.165) is 36.4 Å². The fourth-order valence-corrected chi connectivity index (χ4v) is 2.20. The molecule has 1 saturated carbocycles. The second kappa shape index (κ2) is 6.07. The Labute approximate surface area is 108 Å². The van der Waals surface area contributed by atoms with Crippen molar-refractivity contribution in [2.45, 2.75) is 31.5 Å². The summed E-state index contributed by atoms with van der Waals surface area (Å²) in [6.07, 6.45) is 2.60. The predicted molar refractivity (Wildman–Crippen MR) is 70.2 cm³/mol. The minimum Gasteiger partial charge on any atom is -0.497 e. The number of methoxy groups -OCH3 is 3. The highest BCUT2D eigenvalue weighted by Crippen LogP contribution is 2.26. The molecule has 1 aromatic rings. The van der Waals surface area contributed by atoms with Crippen molar-refractivity contribution >= 4 is 0 Å². The molecule has 0 aliphatic heterocycles. The molecule has 0 unspecified atom stereocenters. The third-order valence-corrected chi connectivity index (χ3v) is 3.50. The summed E-state index contributed by atoms with van der Waals surface area (Å²) >= 11 is 0. The van der Waals surface area contributed by atoms with Gasteiger partial charge in [-0.05, 0) is 31.0 Å². The largest absolute Gasteiger partial charge is 0.497 e. The quantitative estimate of drug-likeness (QED) is 0.839. The molecular weight excluding hydrogens is 230 g/mol. The van der Waals surface area contributed by atoms with Crippen LogP contribution in [0.1, 0.15) is 18.4 Å². The molecule has 1 aliphatic rings. The average Bonchev–Trinajstić information content (AvgIpc) is 2.37. The van der Waals surface area contributed by atoms with Crippen molar-refractivity contribution in [1.29, 1.82) is 0 Å². The minimum absolute atomic E-state index is 0.426. The van der Waals surface area contributed by atoms with Crippen LogP contribution in [-0.4, -0.2) is 33.5 Å². The van der Waals surface area contributed by atoms with Crippen LogP contribution in [0.2, 0.25) is 0 Å². The highest BCUT2D eigenvalue weighted by atomic mass is 16.5. The van der Waals surface area contributed by atoms with Crippen LogP contribution in [0.5, 0.6) is 11.5 Å². The SMILES string of the molecule is COc1ccc(OC)c(CNC2CC(OC)C2)c1. The van der Waals surface area contributed by atoms with Gasteiger partial charge in [0, 0.05) is 25.3 Å². The first kappa shape index (κ1) is 13.2. The van der Waals surface area contributed by atoms with Crippen molar-refractivity contribution in [3.05, 3.63) is 23.8 Å². The maximum Gasteiger partial charge on any atom is 0.123 e. The Morgan fingerprint density at radius 1 is 1.17 bits per heavy atom. The van der Waals surface area contributed by atoms with Gasteiger partial charge in [0.2, 0.25) is 0 Å². The average molecular weight is 251 g/mol. The summed E-state index contributed by atoms with van der Waals surface area (Å²) in [6, 6.07) is 6.41. The Kier molecular flexibility index (Phi) is 4.44. The summed E-state index contributed by atoms with van der Waals surface area (Å²) in [7, 11) is 5.13. The Morgan fingerprint density at radius 3 is 2.56 bits per heavy atom. The molecule has 4 nitrogen and oxygen atoms in total. The van der Waals surface area contributed by atoms with E-state index in [1.807, 2.05) is 18.2 Å². The third kappa shape index (κ3) is 2.94. The fourth-order valence-electron chi connectivity index (χ4n) is 2.20. The van der Waals surface area contributed by atoms with Gasteiger partial charge in [-0.15, -0.1) is 0 Å². The van der Waals surface area contributed by atoms with Gasteiger partial charge in [-0.25, -0.2) is 0 Å². The van der Waals surface area contributed by atoms with Gasteiger partial charge in [0.15, 0.2) is 0 Å². The second-order valence-corrected chi connectivity index (χ2v) is 4.58. The molecule has 4 heteroatoms. The lowest BCUT2D eigenvalue weighted by Gasteiger charge is -2.34. The van der Waals surface area contributed by atoms with E-state index >= 15 is 0 Å². The van der Waals surface area contributed by atoms with E-state index in [2.05, 4.69) is 5.32 Å². The maximum absolute atomic E-state index is 5.35. The van der Waals surface area contributed by atoms with E-state index < -0.39 is 0 Å². The molecule has 0 aromatic heterocycles. The third-order valence-electron chi connectivity index (χ3n) is 3.50. The van der Waals surface area contributed by atoms with E-state index in [1.54, 1.807) is 21.3 Å². The molecule has 1 fully saturated rings. The minimum atomic E-state index is 0.426. The number of hydrogen-bond acceptors (Lipinski definition) is 4. The zero-order valence-corrected chi connectivity index (χ0v) is 11.2. The molecule has 1 aliphatic carbocycles. The molecule has 18 heavy (non-hydrogen) atoms. The van der Waals surface area contributed by atoms with Gasteiger partial charge in [0.05, 0.1) is 20.3 Å². The van der Waals surface area contributed by atoms with E-state index in [4.69, 9.17) is 14.2 Å². The van der Waals surface area contributed by atoms with Gasteiger partial charge in [0.1, 0.15) is 11.5 Å². The van der Waals surface area contributed by atoms with Crippen LogP contribution in [0.3, 0.4) is 0 Å². The van der Waals surface area contributed by atoms with E-state index in [9.17, 15) is 0 Å². The molecule has 0 saturated heterocycles. The lowest BCUT2D eigenvalue weighted by Crippen LogP contribution is -2.44. The first-order valence-electron chi connectivity index (χ1n) is 6.24. The van der Waals surface area contributed by atoms with Gasteiger partial charge in [-0.1, -0.05) is 0 Å². The van der Waals surface area contributed by atoms with Crippen molar-refractivity contribution in [2.24, 2.45) is 0 Å². The summed E-state index contributed by atoms with van der Waals surface area (Å²) < 4.78 is 15.8. The Morgan fingerprint density at radius 2 is 1.94 bits per heavy atom. The second-order valence-electron chi connectivity index (χ2n) is 4.58. The lowest BCUT2D eigenvalue weighted by atomic mass is 9.89. The van der Waals surface area contributed by atoms with E-state index in [1.165, 1.54) is 0 Å². The summed E-state index contributed by atoms with van der Waals surface area (Å²) in [4.78, 5) is 0. The molecule has 100 valence electrons. The molecule has 1 N–H and O–H groups in total. The van der Waals surface area contributed by atoms with Crippen molar-refractivity contribution in [3.8, 4) is 11.5 Å². The monoisotopic (exact) mass is 251 g/mol. The Hall–Kier alpha value is -1.26. The summed E-state index contributed by atoms with van der Waals surface area (Å²) in [5.74, 6) is 1.75. The van der Waals surface area contributed by atoms with Crippen LogP contribution in [0, 0.1) is 0 Å². The maximum atomic E-state index is 5.35. The fraction of sp³-hybridized carbons (Fsp3) is 0.571. The Bertz CT molecular complexity index is 389. The van der Waals surface area contributed by atoms with Crippen LogP contribution in [-0.2, 0) is 11.3 Å². The summed E-state index contributed by atoms with van der Waals surface area (Å²) in [5.41, 5.74) is 1.12. The molecule has 0 heterocycles. The molecular formula is C14H21NO3. The lowest BCUT2D eigenvalue weighted by molar-refractivity contribution is 0.0169. The topological polar surface area (TPSA) is 39.7 Å². The van der Waals surface area contributed by atoms with Gasteiger partial charge >= 0.3 is 0 Å².